The summed E-state index contributed by atoms with van der Waals surface area (Å²) in [4.78, 5) is 35.4. The number of carbonyl (C=O) groups excluding carboxylic acids is 3. The largest absolute Gasteiger partial charge is 0.459 e. The fourth-order valence-corrected chi connectivity index (χ4v) is 2.26. The molecule has 0 aliphatic carbocycles. The minimum atomic E-state index is -1.24. The van der Waals surface area contributed by atoms with E-state index in [0.717, 1.165) is 13.0 Å². The number of nitrogens with one attached hydrogen (secondary N) is 1. The molecule has 0 bridgehead atoms. The Morgan fingerprint density at radius 3 is 2.35 bits per heavy atom. The Morgan fingerprint density at radius 2 is 1.83 bits per heavy atom. The van der Waals surface area contributed by atoms with E-state index in [1.54, 1.807) is 0 Å². The third-order valence-corrected chi connectivity index (χ3v) is 3.65. The van der Waals surface area contributed by atoms with E-state index >= 15 is 0 Å². The van der Waals surface area contributed by atoms with Crippen LogP contribution in [-0.4, -0.2) is 48.7 Å². The summed E-state index contributed by atoms with van der Waals surface area (Å²) in [5, 5.41) is 2.99. The van der Waals surface area contributed by atoms with Crippen molar-refractivity contribution in [2.24, 2.45) is 17.4 Å². The average Bonchev–Trinajstić information content (AvgIpc) is 2.99. The lowest BCUT2D eigenvalue weighted by Gasteiger charge is -2.21. The molecule has 8 nitrogen and oxygen atoms in total. The summed E-state index contributed by atoms with van der Waals surface area (Å²) in [6.07, 6.45) is 1.09. The molecular weight excluding hydrogens is 302 g/mol. The molecule has 1 heterocycles. The predicted molar refractivity (Wildman–Crippen MR) is 83.1 cm³/mol. The van der Waals surface area contributed by atoms with Crippen molar-refractivity contribution < 1.29 is 23.9 Å². The second-order valence-corrected chi connectivity index (χ2v) is 6.29. The molecule has 0 spiro atoms. The summed E-state index contributed by atoms with van der Waals surface area (Å²) >= 11 is 0. The third-order valence-electron chi connectivity index (χ3n) is 3.65. The lowest BCUT2D eigenvalue weighted by Crippen LogP contribution is -2.48. The minimum Gasteiger partial charge on any atom is -0.459 e. The van der Waals surface area contributed by atoms with E-state index in [0.29, 0.717) is 12.8 Å². The van der Waals surface area contributed by atoms with Crippen molar-refractivity contribution >= 4 is 17.9 Å². The van der Waals surface area contributed by atoms with E-state index in [-0.39, 0.29) is 12.0 Å². The first-order valence-corrected chi connectivity index (χ1v) is 7.93. The van der Waals surface area contributed by atoms with Gasteiger partial charge in [-0.05, 0) is 38.6 Å². The number of hydrogen-bond acceptors (Lipinski definition) is 8. The van der Waals surface area contributed by atoms with Gasteiger partial charge in [-0.1, -0.05) is 13.8 Å². The molecule has 8 heteroatoms. The van der Waals surface area contributed by atoms with Crippen molar-refractivity contribution in [3.8, 4) is 0 Å². The van der Waals surface area contributed by atoms with Crippen molar-refractivity contribution in [3.05, 3.63) is 0 Å². The maximum absolute atomic E-state index is 11.9. The van der Waals surface area contributed by atoms with Gasteiger partial charge >= 0.3 is 17.9 Å². The molecule has 23 heavy (non-hydrogen) atoms. The van der Waals surface area contributed by atoms with Gasteiger partial charge in [0.15, 0.2) is 0 Å². The van der Waals surface area contributed by atoms with E-state index in [4.69, 9.17) is 16.2 Å². The van der Waals surface area contributed by atoms with Gasteiger partial charge in [-0.3, -0.25) is 4.79 Å². The van der Waals surface area contributed by atoms with Crippen LogP contribution in [0.25, 0.3) is 0 Å². The van der Waals surface area contributed by atoms with Gasteiger partial charge in [0.05, 0.1) is 0 Å². The second kappa shape index (κ2) is 8.95. The SMILES string of the molecule is CC(C)C[C@H](N)C(=O)OC(=O)[C@@H](N)[C@@H](C)OC(=O)[C@@H]1CCCN1. The highest BCUT2D eigenvalue weighted by molar-refractivity contribution is 5.91. The molecule has 0 saturated carbocycles. The Labute approximate surface area is 136 Å². The van der Waals surface area contributed by atoms with Gasteiger partial charge in [0, 0.05) is 0 Å². The predicted octanol–water partition coefficient (Wildman–Crippen LogP) is -0.559. The molecule has 4 atom stereocenters. The highest BCUT2D eigenvalue weighted by Gasteiger charge is 2.32. The zero-order valence-electron chi connectivity index (χ0n) is 13.9. The monoisotopic (exact) mass is 329 g/mol. The molecule has 0 aromatic heterocycles. The molecule has 1 aliphatic rings. The Hall–Kier alpha value is -1.51. The fraction of sp³-hybridized carbons (Fsp3) is 0.800. The standard InChI is InChI=1S/C15H27N3O5/c1-8(2)7-10(16)13(19)23-15(21)12(17)9(3)22-14(20)11-5-4-6-18-11/h8-12,18H,4-7,16-17H2,1-3H3/t9-,10+,11+,12+/m1/s1. The molecule has 1 saturated heterocycles. The maximum atomic E-state index is 11.9. The maximum Gasteiger partial charge on any atom is 0.334 e. The number of rotatable bonds is 7. The zero-order chi connectivity index (χ0) is 17.6. The summed E-state index contributed by atoms with van der Waals surface area (Å²) in [6, 6.07) is -2.50. The summed E-state index contributed by atoms with van der Waals surface area (Å²) in [5.74, 6) is -2.04. The number of nitrogens with two attached hydrogens (primary N) is 2. The van der Waals surface area contributed by atoms with Gasteiger partial charge in [-0.15, -0.1) is 0 Å². The van der Waals surface area contributed by atoms with Crippen LogP contribution in [0.2, 0.25) is 0 Å². The van der Waals surface area contributed by atoms with E-state index in [9.17, 15) is 14.4 Å². The molecule has 0 aromatic carbocycles. The van der Waals surface area contributed by atoms with Gasteiger partial charge in [0.1, 0.15) is 24.2 Å². The number of carbonyl (C=O) groups is 3. The molecule has 0 amide bonds. The average molecular weight is 329 g/mol. The van der Waals surface area contributed by atoms with Crippen LogP contribution >= 0.6 is 0 Å². The van der Waals surface area contributed by atoms with E-state index in [1.165, 1.54) is 6.92 Å². The van der Waals surface area contributed by atoms with Crippen molar-refractivity contribution in [1.29, 1.82) is 0 Å². The summed E-state index contributed by atoms with van der Waals surface area (Å²) in [7, 11) is 0. The van der Waals surface area contributed by atoms with E-state index < -0.39 is 36.1 Å². The first-order valence-electron chi connectivity index (χ1n) is 7.93. The Balaban J connectivity index is 2.45. The lowest BCUT2D eigenvalue weighted by molar-refractivity contribution is -0.165. The second-order valence-electron chi connectivity index (χ2n) is 6.29. The summed E-state index contributed by atoms with van der Waals surface area (Å²) in [5.41, 5.74) is 11.3. The van der Waals surface area contributed by atoms with E-state index in [2.05, 4.69) is 10.1 Å². The van der Waals surface area contributed by atoms with Crippen molar-refractivity contribution in [2.45, 2.75) is 64.3 Å². The zero-order valence-corrected chi connectivity index (χ0v) is 13.9. The Morgan fingerprint density at radius 1 is 1.17 bits per heavy atom. The van der Waals surface area contributed by atoms with Gasteiger partial charge in [-0.25, -0.2) is 9.59 Å². The molecular formula is C15H27N3O5. The van der Waals surface area contributed by atoms with Crippen LogP contribution in [0.15, 0.2) is 0 Å². The van der Waals surface area contributed by atoms with Gasteiger partial charge in [0.25, 0.3) is 0 Å². The summed E-state index contributed by atoms with van der Waals surface area (Å²) < 4.78 is 9.82. The summed E-state index contributed by atoms with van der Waals surface area (Å²) in [6.45, 7) is 6.04. The molecule has 0 radical (unpaired) electrons. The fourth-order valence-electron chi connectivity index (χ4n) is 2.26. The third kappa shape index (κ3) is 6.25. The Kier molecular flexibility index (Phi) is 7.60. The highest BCUT2D eigenvalue weighted by Crippen LogP contribution is 2.10. The smallest absolute Gasteiger partial charge is 0.334 e. The number of esters is 3. The molecule has 0 unspecified atom stereocenters. The van der Waals surface area contributed by atoms with Crippen molar-refractivity contribution in [3.63, 3.8) is 0 Å². The van der Waals surface area contributed by atoms with Gasteiger partial charge < -0.3 is 26.3 Å². The quantitative estimate of drug-likeness (QED) is 0.418. The normalized spacial score (nSPS) is 21.6. The van der Waals surface area contributed by atoms with Crippen LogP contribution in [-0.2, 0) is 23.9 Å². The highest BCUT2D eigenvalue weighted by atomic mass is 16.6. The molecule has 1 fully saturated rings. The molecule has 0 aromatic rings. The number of hydrogen-bond donors (Lipinski definition) is 3. The molecule has 5 N–H and O–H groups in total. The molecule has 132 valence electrons. The van der Waals surface area contributed by atoms with Crippen molar-refractivity contribution in [1.82, 2.24) is 5.32 Å². The van der Waals surface area contributed by atoms with Crippen LogP contribution in [0.5, 0.6) is 0 Å². The Bertz CT molecular complexity index is 435. The first-order chi connectivity index (χ1) is 10.7. The van der Waals surface area contributed by atoms with Crippen LogP contribution in [0.3, 0.4) is 0 Å². The topological polar surface area (TPSA) is 134 Å². The minimum absolute atomic E-state index is 0.195. The van der Waals surface area contributed by atoms with Gasteiger partial charge in [-0.2, -0.15) is 0 Å². The van der Waals surface area contributed by atoms with Crippen LogP contribution < -0.4 is 16.8 Å². The van der Waals surface area contributed by atoms with Crippen LogP contribution in [0.1, 0.15) is 40.0 Å². The van der Waals surface area contributed by atoms with E-state index in [1.807, 2.05) is 13.8 Å². The molecule has 1 rings (SSSR count). The van der Waals surface area contributed by atoms with Crippen LogP contribution in [0.4, 0.5) is 0 Å². The van der Waals surface area contributed by atoms with Crippen LogP contribution in [0, 0.1) is 5.92 Å². The lowest BCUT2D eigenvalue weighted by atomic mass is 10.0. The van der Waals surface area contributed by atoms with Gasteiger partial charge in [0.2, 0.25) is 0 Å². The van der Waals surface area contributed by atoms with Crippen molar-refractivity contribution in [2.75, 3.05) is 6.54 Å². The molecule has 1 aliphatic heterocycles. The first kappa shape index (κ1) is 19.5. The number of ether oxygens (including phenoxy) is 2.